The van der Waals surface area contributed by atoms with Gasteiger partial charge in [-0.15, -0.1) is 11.3 Å². The highest BCUT2D eigenvalue weighted by Crippen LogP contribution is 2.30. The lowest BCUT2D eigenvalue weighted by Crippen LogP contribution is -2.24. The summed E-state index contributed by atoms with van der Waals surface area (Å²) in [7, 11) is 0. The minimum absolute atomic E-state index is 0.00151. The van der Waals surface area contributed by atoms with E-state index in [-0.39, 0.29) is 17.3 Å². The zero-order chi connectivity index (χ0) is 19.0. The molecule has 0 atom stereocenters. The summed E-state index contributed by atoms with van der Waals surface area (Å²) < 4.78 is 1.73. The van der Waals surface area contributed by atoms with Gasteiger partial charge in [-0.2, -0.15) is 0 Å². The maximum atomic E-state index is 13.0. The van der Waals surface area contributed by atoms with Gasteiger partial charge in [0.05, 0.1) is 10.3 Å². The van der Waals surface area contributed by atoms with E-state index in [4.69, 9.17) is 4.98 Å². The normalized spacial score (nSPS) is 11.4. The van der Waals surface area contributed by atoms with Crippen LogP contribution in [0.3, 0.4) is 0 Å². The number of nitro benzene ring substituents is 1. The summed E-state index contributed by atoms with van der Waals surface area (Å²) in [5.41, 5.74) is 2.02. The van der Waals surface area contributed by atoms with Gasteiger partial charge in [-0.25, -0.2) is 4.98 Å². The van der Waals surface area contributed by atoms with E-state index < -0.39 is 4.92 Å². The van der Waals surface area contributed by atoms with Gasteiger partial charge in [-0.05, 0) is 38.8 Å². The Labute approximate surface area is 159 Å². The number of hydrogen-bond acceptors (Lipinski definition) is 6. The van der Waals surface area contributed by atoms with Crippen LogP contribution in [0.15, 0.2) is 34.2 Å². The van der Waals surface area contributed by atoms with Gasteiger partial charge in [0.2, 0.25) is 0 Å². The SMILES string of the molecule is Cc1sc2nc(SCc3ccc([N+](=O)[O-])cc3)n(C(C)C)c(=O)c2c1C. The number of nitrogens with zero attached hydrogens (tertiary/aromatic N) is 3. The molecule has 0 radical (unpaired) electrons. The largest absolute Gasteiger partial charge is 0.284 e. The average Bonchev–Trinajstić information content (AvgIpc) is 2.87. The van der Waals surface area contributed by atoms with E-state index in [1.807, 2.05) is 27.7 Å². The van der Waals surface area contributed by atoms with Crippen molar-refractivity contribution in [2.24, 2.45) is 0 Å². The highest BCUT2D eigenvalue weighted by atomic mass is 32.2. The molecule has 0 aliphatic rings. The monoisotopic (exact) mass is 389 g/mol. The number of thioether (sulfide) groups is 1. The van der Waals surface area contributed by atoms with Gasteiger partial charge in [0.25, 0.3) is 11.2 Å². The van der Waals surface area contributed by atoms with E-state index >= 15 is 0 Å². The molecule has 3 aromatic rings. The summed E-state index contributed by atoms with van der Waals surface area (Å²) in [5, 5.41) is 12.1. The molecular formula is C18H19N3O3S2. The van der Waals surface area contributed by atoms with Crippen LogP contribution in [0.5, 0.6) is 0 Å². The lowest BCUT2D eigenvalue weighted by molar-refractivity contribution is -0.384. The van der Waals surface area contributed by atoms with Crippen LogP contribution in [-0.2, 0) is 5.75 Å². The van der Waals surface area contributed by atoms with Crippen molar-refractivity contribution in [1.29, 1.82) is 0 Å². The second kappa shape index (κ2) is 7.20. The summed E-state index contributed by atoms with van der Waals surface area (Å²) in [5.74, 6) is 0.589. The van der Waals surface area contributed by atoms with Gasteiger partial charge in [0.15, 0.2) is 5.16 Å². The molecule has 2 heterocycles. The van der Waals surface area contributed by atoms with Crippen molar-refractivity contribution in [2.75, 3.05) is 0 Å². The number of hydrogen-bond donors (Lipinski definition) is 0. The van der Waals surface area contributed by atoms with Crippen LogP contribution >= 0.6 is 23.1 Å². The fourth-order valence-corrected chi connectivity index (χ4v) is 4.86. The maximum absolute atomic E-state index is 13.0. The second-order valence-corrected chi connectivity index (χ2v) is 8.48. The predicted octanol–water partition coefficient (Wildman–Crippen LogP) is 4.86. The molecule has 6 nitrogen and oxygen atoms in total. The van der Waals surface area contributed by atoms with Gasteiger partial charge in [0, 0.05) is 28.8 Å². The highest BCUT2D eigenvalue weighted by Gasteiger charge is 2.18. The Balaban J connectivity index is 1.97. The van der Waals surface area contributed by atoms with Crippen molar-refractivity contribution >= 4 is 39.0 Å². The summed E-state index contributed by atoms with van der Waals surface area (Å²) in [6.07, 6.45) is 0. The molecule has 3 rings (SSSR count). The molecule has 0 bridgehead atoms. The van der Waals surface area contributed by atoms with Crippen molar-refractivity contribution in [3.8, 4) is 0 Å². The summed E-state index contributed by atoms with van der Waals surface area (Å²) in [4.78, 5) is 30.0. The fourth-order valence-electron chi connectivity index (χ4n) is 2.71. The third-order valence-electron chi connectivity index (χ3n) is 4.23. The smallest absolute Gasteiger partial charge is 0.269 e. The van der Waals surface area contributed by atoms with Crippen molar-refractivity contribution in [3.63, 3.8) is 0 Å². The Hall–Kier alpha value is -2.19. The molecule has 0 fully saturated rings. The number of thiophene rings is 1. The number of nitro groups is 1. The Morgan fingerprint density at radius 1 is 1.27 bits per heavy atom. The third kappa shape index (κ3) is 3.39. The molecule has 0 saturated carbocycles. The lowest BCUT2D eigenvalue weighted by atomic mass is 10.2. The van der Waals surface area contributed by atoms with Crippen molar-refractivity contribution in [1.82, 2.24) is 9.55 Å². The van der Waals surface area contributed by atoms with Crippen molar-refractivity contribution in [3.05, 3.63) is 60.7 Å². The summed E-state index contributed by atoms with van der Waals surface area (Å²) in [6, 6.07) is 6.46. The molecule has 0 aliphatic heterocycles. The molecule has 8 heteroatoms. The third-order valence-corrected chi connectivity index (χ3v) is 6.36. The number of fused-ring (bicyclic) bond motifs is 1. The summed E-state index contributed by atoms with van der Waals surface area (Å²) >= 11 is 3.02. The first kappa shape index (κ1) is 18.6. The van der Waals surface area contributed by atoms with E-state index in [1.165, 1.54) is 23.9 Å². The van der Waals surface area contributed by atoms with Crippen LogP contribution in [-0.4, -0.2) is 14.5 Å². The van der Waals surface area contributed by atoms with E-state index in [0.717, 1.165) is 20.8 Å². The van der Waals surface area contributed by atoms with E-state index in [1.54, 1.807) is 28.0 Å². The number of aromatic nitrogens is 2. The zero-order valence-corrected chi connectivity index (χ0v) is 16.6. The van der Waals surface area contributed by atoms with Crippen LogP contribution in [0.4, 0.5) is 5.69 Å². The molecule has 0 saturated heterocycles. The van der Waals surface area contributed by atoms with Crippen LogP contribution in [0.2, 0.25) is 0 Å². The molecule has 0 amide bonds. The first-order chi connectivity index (χ1) is 12.3. The zero-order valence-electron chi connectivity index (χ0n) is 15.0. The van der Waals surface area contributed by atoms with Crippen LogP contribution in [0.1, 0.15) is 35.9 Å². The Morgan fingerprint density at radius 2 is 1.92 bits per heavy atom. The Kier molecular flexibility index (Phi) is 5.15. The summed E-state index contributed by atoms with van der Waals surface area (Å²) in [6.45, 7) is 7.91. The molecule has 2 aromatic heterocycles. The minimum Gasteiger partial charge on any atom is -0.284 e. The average molecular weight is 390 g/mol. The standard InChI is InChI=1S/C18H19N3O3S2/c1-10(2)20-17(22)15-11(3)12(4)26-16(15)19-18(20)25-9-13-5-7-14(8-6-13)21(23)24/h5-8,10H,9H2,1-4H3. The number of aryl methyl sites for hydroxylation is 2. The molecule has 26 heavy (non-hydrogen) atoms. The molecule has 1 aromatic carbocycles. The predicted molar refractivity (Wildman–Crippen MR) is 106 cm³/mol. The van der Waals surface area contributed by atoms with Gasteiger partial charge in [-0.1, -0.05) is 23.9 Å². The quantitative estimate of drug-likeness (QED) is 0.270. The van der Waals surface area contributed by atoms with Crippen LogP contribution < -0.4 is 5.56 Å². The number of non-ortho nitro benzene ring substituents is 1. The first-order valence-electron chi connectivity index (χ1n) is 8.18. The van der Waals surface area contributed by atoms with Crippen LogP contribution in [0.25, 0.3) is 10.2 Å². The van der Waals surface area contributed by atoms with E-state index in [0.29, 0.717) is 16.3 Å². The van der Waals surface area contributed by atoms with Gasteiger partial charge in [0.1, 0.15) is 4.83 Å². The molecule has 0 N–H and O–H groups in total. The molecule has 0 spiro atoms. The minimum atomic E-state index is -0.412. The van der Waals surface area contributed by atoms with Crippen LogP contribution in [0, 0.1) is 24.0 Å². The Morgan fingerprint density at radius 3 is 2.50 bits per heavy atom. The molecule has 0 unspecified atom stereocenters. The topological polar surface area (TPSA) is 78.0 Å². The number of benzene rings is 1. The lowest BCUT2D eigenvalue weighted by Gasteiger charge is -2.15. The van der Waals surface area contributed by atoms with E-state index in [9.17, 15) is 14.9 Å². The van der Waals surface area contributed by atoms with E-state index in [2.05, 4.69) is 0 Å². The first-order valence-corrected chi connectivity index (χ1v) is 9.98. The van der Waals surface area contributed by atoms with Crippen molar-refractivity contribution in [2.45, 2.75) is 44.6 Å². The number of rotatable bonds is 5. The van der Waals surface area contributed by atoms with Crippen molar-refractivity contribution < 1.29 is 4.92 Å². The molecule has 0 aliphatic carbocycles. The van der Waals surface area contributed by atoms with Gasteiger partial charge in [-0.3, -0.25) is 19.5 Å². The maximum Gasteiger partial charge on any atom is 0.269 e. The highest BCUT2D eigenvalue weighted by molar-refractivity contribution is 7.98. The second-order valence-electron chi connectivity index (χ2n) is 6.34. The Bertz CT molecular complexity index is 1040. The fraction of sp³-hybridized carbons (Fsp3) is 0.333. The van der Waals surface area contributed by atoms with Gasteiger partial charge < -0.3 is 0 Å². The molecular weight excluding hydrogens is 370 g/mol. The van der Waals surface area contributed by atoms with Gasteiger partial charge >= 0.3 is 0 Å². The molecule has 136 valence electrons.